The number of ketones is 1. The number of aliphatic hydroxyl groups is 1. The summed E-state index contributed by atoms with van der Waals surface area (Å²) in [4.78, 5) is 24.9. The van der Waals surface area contributed by atoms with E-state index in [1.807, 2.05) is 51.1 Å². The summed E-state index contributed by atoms with van der Waals surface area (Å²) in [7, 11) is -4.03. The molecule has 2 fully saturated rings. The Morgan fingerprint density at radius 2 is 1.81 bits per heavy atom. The number of aliphatic hydroxyl groups excluding tert-OH is 1. The normalized spacial score (nSPS) is 21.8. The Morgan fingerprint density at radius 1 is 1.12 bits per heavy atom. The quantitative estimate of drug-likeness (QED) is 0.327. The number of amides is 1. The van der Waals surface area contributed by atoms with Crippen molar-refractivity contribution in [2.24, 2.45) is 11.3 Å². The standard InChI is InChI=1S/C32H44N2O8S/c1-22-10-12-25(13-11-22)43(38,39)34(21-32(3,4)16-14-23(2)35)19-28(36)27(18-24-8-6-5-7-9-24)33-31(37)42-29-20-41-30-26(29)15-17-40-30/h5-13,26-30,36H,14-21H2,1-4H3,(H,33,37)/t26?,27-,28?,29?,30?/m0/s1. The average molecular weight is 617 g/mol. The van der Waals surface area contributed by atoms with Gasteiger partial charge in [0.15, 0.2) is 6.29 Å². The highest BCUT2D eigenvalue weighted by atomic mass is 32.2. The zero-order valence-electron chi connectivity index (χ0n) is 25.4. The zero-order chi connectivity index (χ0) is 31.2. The van der Waals surface area contributed by atoms with Gasteiger partial charge in [-0.1, -0.05) is 61.9 Å². The molecule has 43 heavy (non-hydrogen) atoms. The van der Waals surface area contributed by atoms with Crippen molar-refractivity contribution in [2.45, 2.75) is 82.8 Å². The summed E-state index contributed by atoms with van der Waals surface area (Å²) in [5.74, 6) is -0.0227. The fourth-order valence-electron chi connectivity index (χ4n) is 5.54. The van der Waals surface area contributed by atoms with E-state index in [9.17, 15) is 23.1 Å². The summed E-state index contributed by atoms with van der Waals surface area (Å²) in [6.07, 6.45) is -1.07. The highest BCUT2D eigenvalue weighted by Gasteiger charge is 2.44. The second-order valence-corrected chi connectivity index (χ2v) is 14.4. The molecule has 2 aromatic carbocycles. The Bertz CT molecular complexity index is 1330. The van der Waals surface area contributed by atoms with Gasteiger partial charge >= 0.3 is 6.09 Å². The fraction of sp³-hybridized carbons (Fsp3) is 0.562. The van der Waals surface area contributed by atoms with Crippen molar-refractivity contribution in [3.05, 3.63) is 65.7 Å². The Morgan fingerprint density at radius 3 is 2.49 bits per heavy atom. The maximum Gasteiger partial charge on any atom is 0.407 e. The summed E-state index contributed by atoms with van der Waals surface area (Å²) < 4.78 is 46.0. The van der Waals surface area contributed by atoms with Crippen molar-refractivity contribution in [2.75, 3.05) is 26.3 Å². The SMILES string of the molecule is CC(=O)CCC(C)(C)CN(CC(O)[C@H](Cc1ccccc1)NC(=O)OC1COC2OCCC12)S(=O)(=O)c1ccc(C)cc1. The number of ether oxygens (including phenoxy) is 3. The summed E-state index contributed by atoms with van der Waals surface area (Å²) in [6, 6.07) is 15.0. The van der Waals surface area contributed by atoms with Crippen molar-refractivity contribution in [1.29, 1.82) is 0 Å². The van der Waals surface area contributed by atoms with Gasteiger partial charge in [0.1, 0.15) is 11.9 Å². The summed E-state index contributed by atoms with van der Waals surface area (Å²) in [5, 5.41) is 14.4. The molecule has 2 aliphatic heterocycles. The summed E-state index contributed by atoms with van der Waals surface area (Å²) in [6.45, 7) is 7.76. The van der Waals surface area contributed by atoms with Gasteiger partial charge in [-0.25, -0.2) is 13.2 Å². The van der Waals surface area contributed by atoms with Crippen molar-refractivity contribution in [3.63, 3.8) is 0 Å². The van der Waals surface area contributed by atoms with Crippen molar-refractivity contribution < 1.29 is 37.3 Å². The second-order valence-electron chi connectivity index (χ2n) is 12.5. The monoisotopic (exact) mass is 616 g/mol. The van der Waals surface area contributed by atoms with Crippen LogP contribution in [-0.2, 0) is 35.4 Å². The number of hydrogen-bond donors (Lipinski definition) is 2. The molecule has 11 heteroatoms. The number of hydrogen-bond acceptors (Lipinski definition) is 8. The van der Waals surface area contributed by atoms with E-state index in [1.54, 1.807) is 24.3 Å². The largest absolute Gasteiger partial charge is 0.443 e. The van der Waals surface area contributed by atoms with E-state index in [-0.39, 0.29) is 49.0 Å². The Balaban J connectivity index is 1.56. The minimum absolute atomic E-state index is 0.0230. The van der Waals surface area contributed by atoms with Crippen LogP contribution in [0.4, 0.5) is 4.79 Å². The minimum Gasteiger partial charge on any atom is -0.443 e. The molecule has 2 N–H and O–H groups in total. The van der Waals surface area contributed by atoms with E-state index in [0.717, 1.165) is 17.5 Å². The molecule has 4 rings (SSSR count). The number of benzene rings is 2. The Hall–Kier alpha value is -2.83. The minimum atomic E-state index is -4.03. The van der Waals surface area contributed by atoms with Crippen molar-refractivity contribution in [1.82, 2.24) is 9.62 Å². The van der Waals surface area contributed by atoms with Crippen LogP contribution in [0.25, 0.3) is 0 Å². The van der Waals surface area contributed by atoms with Crippen LogP contribution in [0.15, 0.2) is 59.5 Å². The molecule has 10 nitrogen and oxygen atoms in total. The lowest BCUT2D eigenvalue weighted by Gasteiger charge is -2.35. The molecule has 0 radical (unpaired) electrons. The summed E-state index contributed by atoms with van der Waals surface area (Å²) >= 11 is 0. The first-order valence-electron chi connectivity index (χ1n) is 14.8. The molecule has 2 aromatic rings. The predicted octanol–water partition coefficient (Wildman–Crippen LogP) is 3.84. The van der Waals surface area contributed by atoms with Crippen LogP contribution < -0.4 is 5.32 Å². The van der Waals surface area contributed by atoms with Gasteiger partial charge in [0.25, 0.3) is 0 Å². The zero-order valence-corrected chi connectivity index (χ0v) is 26.2. The van der Waals surface area contributed by atoms with Crippen LogP contribution in [0.5, 0.6) is 0 Å². The molecule has 0 spiro atoms. The highest BCUT2D eigenvalue weighted by Crippen LogP contribution is 2.33. The van der Waals surface area contributed by atoms with Crippen LogP contribution >= 0.6 is 0 Å². The molecule has 0 aromatic heterocycles. The highest BCUT2D eigenvalue weighted by molar-refractivity contribution is 7.89. The van der Waals surface area contributed by atoms with Gasteiger partial charge in [-0.2, -0.15) is 4.31 Å². The van der Waals surface area contributed by atoms with Gasteiger partial charge in [0, 0.05) is 19.5 Å². The number of Topliss-reactive ketones (excluding diaryl/α,β-unsaturated/α-hetero) is 1. The van der Waals surface area contributed by atoms with Gasteiger partial charge in [-0.15, -0.1) is 0 Å². The van der Waals surface area contributed by atoms with E-state index >= 15 is 0 Å². The number of nitrogens with one attached hydrogen (secondary N) is 1. The van der Waals surface area contributed by atoms with E-state index < -0.39 is 39.8 Å². The molecule has 2 aliphatic rings. The predicted molar refractivity (Wildman–Crippen MR) is 161 cm³/mol. The lowest BCUT2D eigenvalue weighted by molar-refractivity contribution is -0.117. The first-order valence-corrected chi connectivity index (χ1v) is 16.3. The van der Waals surface area contributed by atoms with Crippen LogP contribution in [0.2, 0.25) is 0 Å². The molecular formula is C32H44N2O8S. The van der Waals surface area contributed by atoms with Crippen LogP contribution in [-0.4, -0.2) is 80.5 Å². The first-order chi connectivity index (χ1) is 20.3. The van der Waals surface area contributed by atoms with E-state index in [2.05, 4.69) is 5.32 Å². The van der Waals surface area contributed by atoms with Gasteiger partial charge in [-0.3, -0.25) is 0 Å². The second kappa shape index (κ2) is 14.3. The number of sulfonamides is 1. The van der Waals surface area contributed by atoms with Crippen molar-refractivity contribution in [3.8, 4) is 0 Å². The third kappa shape index (κ3) is 9.09. The number of nitrogens with zero attached hydrogens (tertiary/aromatic N) is 1. The Kier molecular flexibility index (Phi) is 11.0. The number of aryl methyl sites for hydroxylation is 1. The molecule has 2 heterocycles. The molecule has 2 saturated heterocycles. The Labute approximate surface area is 254 Å². The topological polar surface area (TPSA) is 131 Å². The number of carbonyl (C=O) groups excluding carboxylic acids is 2. The third-order valence-corrected chi connectivity index (χ3v) is 9.94. The van der Waals surface area contributed by atoms with Gasteiger partial charge in [-0.05, 0) is 56.2 Å². The van der Waals surface area contributed by atoms with Crippen LogP contribution in [0.3, 0.4) is 0 Å². The van der Waals surface area contributed by atoms with Crippen molar-refractivity contribution >= 4 is 21.9 Å². The fourth-order valence-corrected chi connectivity index (χ4v) is 7.18. The average Bonchev–Trinajstić information content (AvgIpc) is 3.57. The molecule has 236 valence electrons. The smallest absolute Gasteiger partial charge is 0.407 e. The first kappa shape index (κ1) is 33.1. The molecule has 1 amide bonds. The van der Waals surface area contributed by atoms with Crippen LogP contribution in [0, 0.1) is 18.3 Å². The molecular weight excluding hydrogens is 572 g/mol. The van der Waals surface area contributed by atoms with Gasteiger partial charge in [0.2, 0.25) is 10.0 Å². The number of rotatable bonds is 14. The van der Waals surface area contributed by atoms with Crippen LogP contribution in [0.1, 0.15) is 51.2 Å². The number of fused-ring (bicyclic) bond motifs is 1. The van der Waals surface area contributed by atoms with E-state index in [4.69, 9.17) is 14.2 Å². The molecule has 0 saturated carbocycles. The number of carbonyl (C=O) groups is 2. The lowest BCUT2D eigenvalue weighted by Crippen LogP contribution is -2.52. The van der Waals surface area contributed by atoms with E-state index in [1.165, 1.54) is 11.2 Å². The van der Waals surface area contributed by atoms with E-state index in [0.29, 0.717) is 19.4 Å². The molecule has 4 unspecified atom stereocenters. The maximum atomic E-state index is 13.9. The number of alkyl carbamates (subject to hydrolysis) is 1. The molecule has 5 atom stereocenters. The lowest BCUT2D eigenvalue weighted by atomic mass is 9.87. The maximum absolute atomic E-state index is 13.9. The summed E-state index contributed by atoms with van der Waals surface area (Å²) in [5.41, 5.74) is 1.21. The van der Waals surface area contributed by atoms with Gasteiger partial charge in [0.05, 0.1) is 36.2 Å². The third-order valence-electron chi connectivity index (χ3n) is 8.12. The molecule has 0 aliphatic carbocycles. The molecule has 0 bridgehead atoms. The van der Waals surface area contributed by atoms with Gasteiger partial charge < -0.3 is 29.4 Å².